The van der Waals surface area contributed by atoms with E-state index in [1.807, 2.05) is 12.1 Å². The number of hydrogen-bond donors (Lipinski definition) is 3. The topological polar surface area (TPSA) is 131 Å². The first-order valence-electron chi connectivity index (χ1n) is 7.24. The highest BCUT2D eigenvalue weighted by Crippen LogP contribution is 2.17. The zero-order valence-electron chi connectivity index (χ0n) is 13.0. The molecule has 1 aromatic carbocycles. The second-order valence-corrected chi connectivity index (χ2v) is 7.70. The largest absolute Gasteiger partial charge is 0.351 e. The van der Waals surface area contributed by atoms with Gasteiger partial charge in [0.25, 0.3) is 0 Å². The van der Waals surface area contributed by atoms with E-state index in [0.29, 0.717) is 17.3 Å². The van der Waals surface area contributed by atoms with Gasteiger partial charge in [-0.1, -0.05) is 23.9 Å². The van der Waals surface area contributed by atoms with Crippen LogP contribution < -0.4 is 10.5 Å². The molecule has 2 aromatic heterocycles. The third kappa shape index (κ3) is 4.56. The molecule has 0 radical (unpaired) electrons. The quantitative estimate of drug-likeness (QED) is 0.550. The van der Waals surface area contributed by atoms with Crippen molar-refractivity contribution in [2.24, 2.45) is 5.14 Å². The number of aromatic amines is 1. The molecule has 0 fully saturated rings. The molecule has 0 atom stereocenters. The molecular formula is C15H15N5O3S2. The van der Waals surface area contributed by atoms with Crippen LogP contribution in [0.5, 0.6) is 0 Å². The second-order valence-electron chi connectivity index (χ2n) is 5.17. The Morgan fingerprint density at radius 1 is 1.24 bits per heavy atom. The number of nitrogens with zero attached hydrogens (tertiary/aromatic N) is 2. The van der Waals surface area contributed by atoms with E-state index in [1.54, 1.807) is 18.3 Å². The van der Waals surface area contributed by atoms with Gasteiger partial charge in [-0.2, -0.15) is 0 Å². The number of amides is 1. The van der Waals surface area contributed by atoms with Gasteiger partial charge in [0.15, 0.2) is 10.8 Å². The van der Waals surface area contributed by atoms with Crippen molar-refractivity contribution < 1.29 is 13.2 Å². The standard InChI is InChI=1S/C15H15N5O3S2/c16-25(22,23)11-5-3-10(4-6-11)8-18-13(21)9-24-15-19-12-2-1-7-17-14(12)20-15/h1-7H,8-9H2,(H,18,21)(H2,16,22,23)(H,17,19,20). The maximum atomic E-state index is 11.9. The molecule has 0 aliphatic heterocycles. The lowest BCUT2D eigenvalue weighted by Crippen LogP contribution is -2.24. The highest BCUT2D eigenvalue weighted by molar-refractivity contribution is 7.99. The molecule has 1 amide bonds. The van der Waals surface area contributed by atoms with Crippen molar-refractivity contribution in [3.8, 4) is 0 Å². The number of primary sulfonamides is 1. The van der Waals surface area contributed by atoms with Crippen LogP contribution in [-0.2, 0) is 21.4 Å². The smallest absolute Gasteiger partial charge is 0.238 e. The molecule has 0 aliphatic carbocycles. The van der Waals surface area contributed by atoms with Gasteiger partial charge in [0.2, 0.25) is 15.9 Å². The Labute approximate surface area is 148 Å². The van der Waals surface area contributed by atoms with Gasteiger partial charge >= 0.3 is 0 Å². The predicted molar refractivity (Wildman–Crippen MR) is 94.3 cm³/mol. The van der Waals surface area contributed by atoms with Crippen LogP contribution >= 0.6 is 11.8 Å². The number of thioether (sulfide) groups is 1. The van der Waals surface area contributed by atoms with E-state index in [9.17, 15) is 13.2 Å². The van der Waals surface area contributed by atoms with Crippen LogP contribution in [0, 0.1) is 0 Å². The first kappa shape index (κ1) is 17.4. The van der Waals surface area contributed by atoms with Gasteiger partial charge in [-0.3, -0.25) is 4.79 Å². The SMILES string of the molecule is NS(=O)(=O)c1ccc(CNC(=O)CSc2nc3ncccc3[nH]2)cc1. The fourth-order valence-electron chi connectivity index (χ4n) is 2.07. The molecule has 0 unspecified atom stereocenters. The maximum Gasteiger partial charge on any atom is 0.238 e. The number of nitrogens with two attached hydrogens (primary N) is 1. The van der Waals surface area contributed by atoms with Crippen molar-refractivity contribution in [3.63, 3.8) is 0 Å². The number of aromatic nitrogens is 3. The Morgan fingerprint density at radius 2 is 2.00 bits per heavy atom. The number of rotatable bonds is 6. The van der Waals surface area contributed by atoms with Crippen LogP contribution in [0.1, 0.15) is 5.56 Å². The van der Waals surface area contributed by atoms with Gasteiger partial charge in [-0.15, -0.1) is 0 Å². The van der Waals surface area contributed by atoms with Crippen LogP contribution in [0.2, 0.25) is 0 Å². The molecule has 8 nitrogen and oxygen atoms in total. The van der Waals surface area contributed by atoms with Crippen LogP contribution in [0.25, 0.3) is 11.2 Å². The Hall–Kier alpha value is -2.43. The van der Waals surface area contributed by atoms with Crippen molar-refractivity contribution in [2.75, 3.05) is 5.75 Å². The summed E-state index contributed by atoms with van der Waals surface area (Å²) < 4.78 is 22.4. The minimum Gasteiger partial charge on any atom is -0.351 e. The summed E-state index contributed by atoms with van der Waals surface area (Å²) in [7, 11) is -3.71. The van der Waals surface area contributed by atoms with Crippen molar-refractivity contribution in [1.82, 2.24) is 20.3 Å². The highest BCUT2D eigenvalue weighted by atomic mass is 32.2. The molecule has 10 heteroatoms. The predicted octanol–water partition coefficient (Wildman–Crippen LogP) is 1.01. The van der Waals surface area contributed by atoms with Crippen molar-refractivity contribution in [3.05, 3.63) is 48.2 Å². The fraction of sp³-hybridized carbons (Fsp3) is 0.133. The Kier molecular flexibility index (Phi) is 5.02. The Morgan fingerprint density at radius 3 is 2.68 bits per heavy atom. The van der Waals surface area contributed by atoms with E-state index in [-0.39, 0.29) is 16.6 Å². The van der Waals surface area contributed by atoms with Crippen molar-refractivity contribution >= 4 is 38.9 Å². The molecule has 2 heterocycles. The zero-order chi connectivity index (χ0) is 17.9. The van der Waals surface area contributed by atoms with E-state index in [0.717, 1.165) is 11.1 Å². The van der Waals surface area contributed by atoms with Gasteiger partial charge < -0.3 is 10.3 Å². The normalized spacial score (nSPS) is 11.6. The van der Waals surface area contributed by atoms with Crippen molar-refractivity contribution in [2.45, 2.75) is 16.6 Å². The Bertz CT molecular complexity index is 966. The average molecular weight is 377 g/mol. The summed E-state index contributed by atoms with van der Waals surface area (Å²) in [6.07, 6.45) is 1.66. The summed E-state index contributed by atoms with van der Waals surface area (Å²) in [5.41, 5.74) is 2.21. The van der Waals surface area contributed by atoms with Gasteiger partial charge in [-0.05, 0) is 29.8 Å². The molecule has 4 N–H and O–H groups in total. The maximum absolute atomic E-state index is 11.9. The molecule has 0 spiro atoms. The monoisotopic (exact) mass is 377 g/mol. The van der Waals surface area contributed by atoms with Crippen LogP contribution in [0.4, 0.5) is 0 Å². The number of H-pyrrole nitrogens is 1. The van der Waals surface area contributed by atoms with E-state index >= 15 is 0 Å². The lowest BCUT2D eigenvalue weighted by molar-refractivity contribution is -0.118. The van der Waals surface area contributed by atoms with Crippen molar-refractivity contribution in [1.29, 1.82) is 0 Å². The molecule has 0 aliphatic rings. The number of sulfonamides is 1. The molecule has 25 heavy (non-hydrogen) atoms. The lowest BCUT2D eigenvalue weighted by Gasteiger charge is -2.05. The summed E-state index contributed by atoms with van der Waals surface area (Å²) in [5.74, 6) is 0.0451. The molecule has 0 bridgehead atoms. The summed E-state index contributed by atoms with van der Waals surface area (Å²) in [6.45, 7) is 0.298. The number of benzene rings is 1. The third-order valence-electron chi connectivity index (χ3n) is 3.32. The first-order valence-corrected chi connectivity index (χ1v) is 9.77. The third-order valence-corrected chi connectivity index (χ3v) is 5.12. The number of fused-ring (bicyclic) bond motifs is 1. The summed E-state index contributed by atoms with van der Waals surface area (Å²) in [5, 5.41) is 8.43. The fourth-order valence-corrected chi connectivity index (χ4v) is 3.29. The summed E-state index contributed by atoms with van der Waals surface area (Å²) in [6, 6.07) is 9.71. The van der Waals surface area contributed by atoms with Crippen LogP contribution in [-0.4, -0.2) is 35.0 Å². The number of imidazole rings is 1. The van der Waals surface area contributed by atoms with E-state index < -0.39 is 10.0 Å². The highest BCUT2D eigenvalue weighted by Gasteiger charge is 2.09. The number of pyridine rings is 1. The summed E-state index contributed by atoms with van der Waals surface area (Å²) in [4.78, 5) is 23.5. The molecule has 130 valence electrons. The number of carbonyl (C=O) groups excluding carboxylic acids is 1. The average Bonchev–Trinajstić information content (AvgIpc) is 3.00. The van der Waals surface area contributed by atoms with Crippen LogP contribution in [0.15, 0.2) is 52.6 Å². The van der Waals surface area contributed by atoms with E-state index in [1.165, 1.54) is 23.9 Å². The summed E-state index contributed by atoms with van der Waals surface area (Å²) >= 11 is 1.28. The molecule has 0 saturated carbocycles. The minimum absolute atomic E-state index is 0.0385. The minimum atomic E-state index is -3.71. The van der Waals surface area contributed by atoms with Gasteiger partial charge in [0.05, 0.1) is 16.2 Å². The van der Waals surface area contributed by atoms with E-state index in [4.69, 9.17) is 5.14 Å². The molecule has 3 aromatic rings. The Balaban J connectivity index is 1.51. The first-order chi connectivity index (χ1) is 11.9. The molecule has 3 rings (SSSR count). The van der Waals surface area contributed by atoms with Gasteiger partial charge in [0, 0.05) is 12.7 Å². The van der Waals surface area contributed by atoms with E-state index in [2.05, 4.69) is 20.3 Å². The zero-order valence-corrected chi connectivity index (χ0v) is 14.6. The van der Waals surface area contributed by atoms with Gasteiger partial charge in [0.1, 0.15) is 0 Å². The number of carbonyl (C=O) groups is 1. The second kappa shape index (κ2) is 7.21. The number of nitrogens with one attached hydrogen (secondary N) is 2. The van der Waals surface area contributed by atoms with Gasteiger partial charge in [-0.25, -0.2) is 23.5 Å². The number of hydrogen-bond acceptors (Lipinski definition) is 6. The lowest BCUT2D eigenvalue weighted by atomic mass is 10.2. The van der Waals surface area contributed by atoms with Crippen LogP contribution in [0.3, 0.4) is 0 Å². The molecular weight excluding hydrogens is 362 g/mol. The molecule has 0 saturated heterocycles.